The van der Waals surface area contributed by atoms with E-state index in [1.165, 1.54) is 308 Å². The van der Waals surface area contributed by atoms with Crippen LogP contribution in [-0.4, -0.2) is 47.4 Å². The first-order valence-electron chi connectivity index (χ1n) is 33.0. The second-order valence-corrected chi connectivity index (χ2v) is 22.8. The number of nitrogens with one attached hydrogen (secondary N) is 1. The summed E-state index contributed by atoms with van der Waals surface area (Å²) in [5.41, 5.74) is 0. The molecule has 0 aromatic heterocycles. The lowest BCUT2D eigenvalue weighted by Gasteiger charge is -2.20. The normalized spacial score (nSPS) is 12.6. The van der Waals surface area contributed by atoms with Gasteiger partial charge in [-0.2, -0.15) is 0 Å². The molecule has 6 heteroatoms. The maximum Gasteiger partial charge on any atom is 0.305 e. The molecule has 1 amide bonds. The number of carbonyl (C=O) groups excluding carboxylic acids is 2. The van der Waals surface area contributed by atoms with Crippen molar-refractivity contribution >= 4 is 11.9 Å². The minimum absolute atomic E-state index is 0.0158. The fourth-order valence-electron chi connectivity index (χ4n) is 10.5. The Morgan fingerprint density at radius 3 is 0.944 bits per heavy atom. The van der Waals surface area contributed by atoms with Gasteiger partial charge < -0.3 is 20.3 Å². The van der Waals surface area contributed by atoms with E-state index in [-0.39, 0.29) is 18.5 Å². The van der Waals surface area contributed by atoms with Crippen molar-refractivity contribution in [2.75, 3.05) is 13.2 Å². The highest BCUT2D eigenvalue weighted by molar-refractivity contribution is 5.76. The molecule has 0 rings (SSSR count). The highest BCUT2D eigenvalue weighted by Gasteiger charge is 2.18. The summed E-state index contributed by atoms with van der Waals surface area (Å²) >= 11 is 0. The maximum absolute atomic E-state index is 12.5. The highest BCUT2D eigenvalue weighted by atomic mass is 16.5. The van der Waals surface area contributed by atoms with Crippen molar-refractivity contribution in [1.29, 1.82) is 0 Å². The minimum Gasteiger partial charge on any atom is -0.466 e. The van der Waals surface area contributed by atoms with E-state index in [0.29, 0.717) is 19.4 Å². The van der Waals surface area contributed by atoms with E-state index in [0.717, 1.165) is 38.5 Å². The molecule has 6 nitrogen and oxygen atoms in total. The number of esters is 1. The fraction of sp³-hybridized carbons (Fsp3) is 0.939. The number of unbranched alkanes of at least 4 members (excludes halogenated alkanes) is 51. The van der Waals surface area contributed by atoms with Crippen LogP contribution in [-0.2, 0) is 14.3 Å². The minimum atomic E-state index is -0.845. The monoisotopic (exact) mass is 1020 g/mol. The lowest BCUT2D eigenvalue weighted by Crippen LogP contribution is -2.45. The van der Waals surface area contributed by atoms with E-state index >= 15 is 0 Å². The van der Waals surface area contributed by atoms with Gasteiger partial charge in [-0.25, -0.2) is 0 Å². The summed E-state index contributed by atoms with van der Waals surface area (Å²) in [6.45, 7) is 4.94. The molecule has 2 unspecified atom stereocenters. The summed E-state index contributed by atoms with van der Waals surface area (Å²) in [7, 11) is 0. The van der Waals surface area contributed by atoms with Gasteiger partial charge in [0.1, 0.15) is 0 Å². The fourth-order valence-corrected chi connectivity index (χ4v) is 10.5. The number of rotatable bonds is 62. The average molecular weight is 1020 g/mol. The molecule has 0 spiro atoms. The molecule has 428 valence electrons. The van der Waals surface area contributed by atoms with Gasteiger partial charge >= 0.3 is 5.97 Å². The van der Waals surface area contributed by atoms with Crippen molar-refractivity contribution in [3.8, 4) is 0 Å². The molecular weight excluding hydrogens is 887 g/mol. The predicted molar refractivity (Wildman–Crippen MR) is 315 cm³/mol. The van der Waals surface area contributed by atoms with E-state index in [1.807, 2.05) is 6.08 Å². The maximum atomic E-state index is 12.5. The molecule has 2 atom stereocenters. The number of aliphatic hydroxyl groups excluding tert-OH is 2. The number of hydrogen-bond donors (Lipinski definition) is 3. The summed E-state index contributed by atoms with van der Waals surface area (Å²) < 4.78 is 5.50. The van der Waals surface area contributed by atoms with Gasteiger partial charge in [-0.1, -0.05) is 341 Å². The Labute approximate surface area is 450 Å². The van der Waals surface area contributed by atoms with Gasteiger partial charge in [0.2, 0.25) is 5.91 Å². The van der Waals surface area contributed by atoms with E-state index in [2.05, 4.69) is 19.2 Å². The number of allylic oxidation sites excluding steroid dienone is 1. The molecule has 0 saturated carbocycles. The molecule has 0 aliphatic heterocycles. The van der Waals surface area contributed by atoms with Crippen LogP contribution in [0, 0.1) is 0 Å². The summed E-state index contributed by atoms with van der Waals surface area (Å²) in [6.07, 6.45) is 75.5. The van der Waals surface area contributed by atoms with E-state index < -0.39 is 12.1 Å². The van der Waals surface area contributed by atoms with Gasteiger partial charge in [0.05, 0.1) is 25.4 Å². The number of amides is 1. The van der Waals surface area contributed by atoms with E-state index in [1.54, 1.807) is 6.08 Å². The largest absolute Gasteiger partial charge is 0.466 e. The number of aliphatic hydroxyl groups is 2. The topological polar surface area (TPSA) is 95.9 Å². The number of hydrogen-bond acceptors (Lipinski definition) is 5. The quantitative estimate of drug-likeness (QED) is 0.0320. The van der Waals surface area contributed by atoms with Crippen molar-refractivity contribution in [1.82, 2.24) is 5.32 Å². The van der Waals surface area contributed by atoms with Crippen LogP contribution >= 0.6 is 0 Å². The average Bonchev–Trinajstić information content (AvgIpc) is 3.38. The van der Waals surface area contributed by atoms with Gasteiger partial charge in [-0.15, -0.1) is 0 Å². The van der Waals surface area contributed by atoms with Crippen LogP contribution in [0.25, 0.3) is 0 Å². The van der Waals surface area contributed by atoms with E-state index in [9.17, 15) is 19.8 Å². The Hall–Kier alpha value is -1.40. The van der Waals surface area contributed by atoms with E-state index in [4.69, 9.17) is 4.74 Å². The zero-order valence-corrected chi connectivity index (χ0v) is 48.9. The molecule has 0 radical (unpaired) electrons. The molecule has 72 heavy (non-hydrogen) atoms. The van der Waals surface area contributed by atoms with Gasteiger partial charge in [0.15, 0.2) is 0 Å². The Balaban J connectivity index is 3.39. The van der Waals surface area contributed by atoms with Crippen LogP contribution in [0.1, 0.15) is 373 Å². The third-order valence-electron chi connectivity index (χ3n) is 15.6. The molecule has 0 fully saturated rings. The first kappa shape index (κ1) is 70.6. The number of ether oxygens (including phenoxy) is 1. The Bertz CT molecular complexity index is 1080. The van der Waals surface area contributed by atoms with Crippen LogP contribution in [0.5, 0.6) is 0 Å². The smallest absolute Gasteiger partial charge is 0.305 e. The molecule has 0 aromatic rings. The lowest BCUT2D eigenvalue weighted by molar-refractivity contribution is -0.143. The zero-order valence-electron chi connectivity index (χ0n) is 48.9. The van der Waals surface area contributed by atoms with Crippen LogP contribution in [0.15, 0.2) is 12.2 Å². The predicted octanol–water partition coefficient (Wildman–Crippen LogP) is 20.8. The highest BCUT2D eigenvalue weighted by Crippen LogP contribution is 2.19. The van der Waals surface area contributed by atoms with Crippen molar-refractivity contribution in [2.24, 2.45) is 0 Å². The van der Waals surface area contributed by atoms with Crippen molar-refractivity contribution in [3.05, 3.63) is 12.2 Å². The molecule has 0 aliphatic carbocycles. The summed E-state index contributed by atoms with van der Waals surface area (Å²) in [5, 5.41) is 23.2. The van der Waals surface area contributed by atoms with Crippen molar-refractivity contribution in [2.45, 2.75) is 386 Å². The van der Waals surface area contributed by atoms with Gasteiger partial charge in [-0.05, 0) is 32.1 Å². The van der Waals surface area contributed by atoms with Crippen LogP contribution in [0.2, 0.25) is 0 Å². The zero-order chi connectivity index (χ0) is 52.2. The van der Waals surface area contributed by atoms with Gasteiger partial charge in [0, 0.05) is 12.8 Å². The number of carbonyl (C=O) groups is 2. The Morgan fingerprint density at radius 1 is 0.375 bits per heavy atom. The first-order chi connectivity index (χ1) is 35.5. The molecule has 0 aromatic carbocycles. The second-order valence-electron chi connectivity index (χ2n) is 22.8. The Kier molecular flexibility index (Phi) is 60.9. The second kappa shape index (κ2) is 62.1. The van der Waals surface area contributed by atoms with Gasteiger partial charge in [-0.3, -0.25) is 9.59 Å². The molecule has 0 bridgehead atoms. The molecule has 0 aliphatic rings. The molecule has 0 heterocycles. The van der Waals surface area contributed by atoms with Crippen molar-refractivity contribution in [3.63, 3.8) is 0 Å². The van der Waals surface area contributed by atoms with Crippen molar-refractivity contribution < 1.29 is 24.5 Å². The molecule has 0 saturated heterocycles. The third kappa shape index (κ3) is 57.9. The first-order valence-corrected chi connectivity index (χ1v) is 33.0. The molecule has 3 N–H and O–H groups in total. The van der Waals surface area contributed by atoms with Crippen LogP contribution in [0.3, 0.4) is 0 Å². The molecular formula is C66H129NO5. The van der Waals surface area contributed by atoms with Crippen LogP contribution < -0.4 is 5.32 Å². The Morgan fingerprint density at radius 2 is 0.639 bits per heavy atom. The van der Waals surface area contributed by atoms with Crippen LogP contribution in [0.4, 0.5) is 0 Å². The summed E-state index contributed by atoms with van der Waals surface area (Å²) in [4.78, 5) is 24.6. The standard InChI is InChI=1S/C66H129NO5/c1-3-5-7-9-11-13-15-17-19-21-27-30-34-38-42-46-50-54-58-64(69)63(62-68)67-65(70)59-55-51-47-43-39-35-31-28-25-23-22-24-26-29-33-37-41-45-49-53-57-61-72-66(71)60-56-52-48-44-40-36-32-20-18-16-14-12-10-8-6-4-2/h54,58,63-64,68-69H,3-53,55-57,59-62H2,1-2H3,(H,67,70)/b58-54+. The lowest BCUT2D eigenvalue weighted by atomic mass is 10.0. The summed E-state index contributed by atoms with van der Waals surface area (Å²) in [5.74, 6) is -0.0496. The SMILES string of the molecule is CCCCCCCCCCCCCCCCCC/C=C/C(O)C(CO)NC(=O)CCCCCCCCCCCCCCCCCCCCCCCOC(=O)CCCCCCCCCCCCCCCCCC. The summed E-state index contributed by atoms with van der Waals surface area (Å²) in [6, 6.07) is -0.628. The third-order valence-corrected chi connectivity index (χ3v) is 15.6. The van der Waals surface area contributed by atoms with Gasteiger partial charge in [0.25, 0.3) is 0 Å².